The third kappa shape index (κ3) is 6.02. The second-order valence-corrected chi connectivity index (χ2v) is 8.02. The number of thioether (sulfide) groups is 1. The third-order valence-electron chi connectivity index (χ3n) is 4.48. The zero-order valence-corrected chi connectivity index (χ0v) is 18.9. The van der Waals surface area contributed by atoms with E-state index in [9.17, 15) is 9.59 Å². The Morgan fingerprint density at radius 2 is 2.00 bits per heavy atom. The smallest absolute Gasteiger partial charge is 0.255 e. The predicted octanol–water partition coefficient (Wildman–Crippen LogP) is 4.22. The number of aromatic amines is 1. The summed E-state index contributed by atoms with van der Waals surface area (Å²) in [5, 5.41) is 3.61. The van der Waals surface area contributed by atoms with Crippen molar-refractivity contribution in [3.63, 3.8) is 0 Å². The van der Waals surface area contributed by atoms with Crippen molar-refractivity contribution < 1.29 is 14.3 Å². The van der Waals surface area contributed by atoms with E-state index in [1.165, 1.54) is 18.9 Å². The van der Waals surface area contributed by atoms with E-state index in [1.54, 1.807) is 32.2 Å². The van der Waals surface area contributed by atoms with Gasteiger partial charge < -0.3 is 19.8 Å². The van der Waals surface area contributed by atoms with Crippen LogP contribution in [0.5, 0.6) is 11.5 Å². The highest BCUT2D eigenvalue weighted by molar-refractivity contribution is 7.98. The van der Waals surface area contributed by atoms with Gasteiger partial charge in [-0.2, -0.15) is 0 Å². The Labute approximate surface area is 189 Å². The number of carbonyl (C=O) groups excluding carboxylic acids is 1. The van der Waals surface area contributed by atoms with Gasteiger partial charge in [0, 0.05) is 22.7 Å². The van der Waals surface area contributed by atoms with Gasteiger partial charge in [0.1, 0.15) is 11.5 Å². The Bertz CT molecular complexity index is 1150. The number of carbonyl (C=O) groups is 1. The monoisotopic (exact) mass is 459 g/mol. The first-order valence-electron chi connectivity index (χ1n) is 9.38. The molecule has 0 aliphatic carbocycles. The molecule has 1 amide bonds. The number of nitrogens with zero attached hydrogens (tertiary/aromatic N) is 1. The molecule has 0 saturated heterocycles. The van der Waals surface area contributed by atoms with Crippen molar-refractivity contribution in [1.82, 2.24) is 9.97 Å². The average Bonchev–Trinajstić information content (AvgIpc) is 2.75. The van der Waals surface area contributed by atoms with Gasteiger partial charge in [-0.1, -0.05) is 35.5 Å². The Hall–Kier alpha value is -2.97. The number of anilines is 1. The lowest BCUT2D eigenvalue weighted by Crippen LogP contribution is -2.23. The fraction of sp³-hybridized carbons (Fsp3) is 0.227. The van der Waals surface area contributed by atoms with E-state index in [2.05, 4.69) is 15.3 Å². The van der Waals surface area contributed by atoms with Gasteiger partial charge in [-0.25, -0.2) is 4.98 Å². The minimum atomic E-state index is -0.339. The van der Waals surface area contributed by atoms with Gasteiger partial charge in [0.25, 0.3) is 5.56 Å². The molecule has 0 aliphatic heterocycles. The number of aromatic nitrogens is 2. The number of amides is 1. The van der Waals surface area contributed by atoms with Crippen LogP contribution < -0.4 is 20.3 Å². The molecular weight excluding hydrogens is 438 g/mol. The molecule has 3 aromatic rings. The van der Waals surface area contributed by atoms with Gasteiger partial charge in [-0.3, -0.25) is 9.59 Å². The molecule has 162 valence electrons. The largest absolute Gasteiger partial charge is 0.497 e. The highest BCUT2D eigenvalue weighted by Gasteiger charge is 2.14. The number of rotatable bonds is 8. The van der Waals surface area contributed by atoms with Gasteiger partial charge in [0.15, 0.2) is 5.16 Å². The van der Waals surface area contributed by atoms with E-state index in [0.717, 1.165) is 11.3 Å². The van der Waals surface area contributed by atoms with Crippen LogP contribution in [0.25, 0.3) is 0 Å². The van der Waals surface area contributed by atoms with Gasteiger partial charge >= 0.3 is 0 Å². The van der Waals surface area contributed by atoms with Gasteiger partial charge in [0.2, 0.25) is 5.91 Å². The molecule has 0 unspecified atom stereocenters. The molecule has 0 saturated carbocycles. The molecule has 0 atom stereocenters. The van der Waals surface area contributed by atoms with E-state index in [-0.39, 0.29) is 17.9 Å². The summed E-state index contributed by atoms with van der Waals surface area (Å²) in [5.41, 5.74) is 2.07. The van der Waals surface area contributed by atoms with Crippen molar-refractivity contribution in [1.29, 1.82) is 0 Å². The first kappa shape index (κ1) is 22.7. The number of aryl methyl sites for hydroxylation is 1. The van der Waals surface area contributed by atoms with Crippen LogP contribution in [0.3, 0.4) is 0 Å². The maximum Gasteiger partial charge on any atom is 0.255 e. The van der Waals surface area contributed by atoms with E-state index in [4.69, 9.17) is 21.1 Å². The molecular formula is C22H22ClN3O4S. The van der Waals surface area contributed by atoms with Crippen molar-refractivity contribution in [2.75, 3.05) is 19.5 Å². The molecule has 0 spiro atoms. The SMILES string of the molecule is COc1cccc(CSc2nc(C)c(CC(=O)Nc3ccc(OC)c(Cl)c3)c(=O)[nH]2)c1. The fourth-order valence-electron chi connectivity index (χ4n) is 2.88. The van der Waals surface area contributed by atoms with E-state index in [0.29, 0.717) is 38.6 Å². The quantitative estimate of drug-likeness (QED) is 0.387. The average molecular weight is 460 g/mol. The van der Waals surface area contributed by atoms with Crippen molar-refractivity contribution in [2.24, 2.45) is 0 Å². The zero-order valence-electron chi connectivity index (χ0n) is 17.3. The number of halogens is 1. The van der Waals surface area contributed by atoms with Crippen LogP contribution in [0.1, 0.15) is 16.8 Å². The third-order valence-corrected chi connectivity index (χ3v) is 5.72. The minimum Gasteiger partial charge on any atom is -0.497 e. The molecule has 0 fully saturated rings. The minimum absolute atomic E-state index is 0.0986. The summed E-state index contributed by atoms with van der Waals surface area (Å²) in [6.45, 7) is 1.72. The molecule has 7 nitrogen and oxygen atoms in total. The Morgan fingerprint density at radius 1 is 1.19 bits per heavy atom. The normalized spacial score (nSPS) is 10.6. The Balaban J connectivity index is 1.66. The van der Waals surface area contributed by atoms with Gasteiger partial charge in [0.05, 0.1) is 25.7 Å². The van der Waals surface area contributed by atoms with Crippen LogP contribution in [0.15, 0.2) is 52.4 Å². The van der Waals surface area contributed by atoms with Crippen molar-refractivity contribution >= 4 is 35.0 Å². The molecule has 9 heteroatoms. The maximum absolute atomic E-state index is 12.6. The summed E-state index contributed by atoms with van der Waals surface area (Å²) in [5.74, 6) is 1.57. The number of nitrogens with one attached hydrogen (secondary N) is 2. The molecule has 3 rings (SSSR count). The Kier molecular flexibility index (Phi) is 7.59. The molecule has 2 aromatic carbocycles. The lowest BCUT2D eigenvalue weighted by Gasteiger charge is -2.10. The number of hydrogen-bond acceptors (Lipinski definition) is 6. The van der Waals surface area contributed by atoms with Crippen LogP contribution in [-0.4, -0.2) is 30.1 Å². The summed E-state index contributed by atoms with van der Waals surface area (Å²) in [4.78, 5) is 32.2. The first-order valence-corrected chi connectivity index (χ1v) is 10.7. The summed E-state index contributed by atoms with van der Waals surface area (Å²) in [6, 6.07) is 12.6. The first-order chi connectivity index (χ1) is 14.9. The van der Waals surface area contributed by atoms with Crippen LogP contribution in [-0.2, 0) is 17.0 Å². The molecule has 1 heterocycles. The second-order valence-electron chi connectivity index (χ2n) is 6.65. The maximum atomic E-state index is 12.6. The lowest BCUT2D eigenvalue weighted by molar-refractivity contribution is -0.115. The van der Waals surface area contributed by atoms with Crippen LogP contribution >= 0.6 is 23.4 Å². The van der Waals surface area contributed by atoms with Crippen LogP contribution in [0, 0.1) is 6.92 Å². The van der Waals surface area contributed by atoms with E-state index < -0.39 is 0 Å². The number of ether oxygens (including phenoxy) is 2. The molecule has 0 radical (unpaired) electrons. The topological polar surface area (TPSA) is 93.3 Å². The van der Waals surface area contributed by atoms with Crippen molar-refractivity contribution in [3.8, 4) is 11.5 Å². The molecule has 31 heavy (non-hydrogen) atoms. The lowest BCUT2D eigenvalue weighted by atomic mass is 10.1. The summed E-state index contributed by atoms with van der Waals surface area (Å²) in [7, 11) is 3.13. The van der Waals surface area contributed by atoms with E-state index in [1.807, 2.05) is 24.3 Å². The predicted molar refractivity (Wildman–Crippen MR) is 122 cm³/mol. The number of H-pyrrole nitrogens is 1. The summed E-state index contributed by atoms with van der Waals surface area (Å²) < 4.78 is 10.3. The number of hydrogen-bond donors (Lipinski definition) is 2. The summed E-state index contributed by atoms with van der Waals surface area (Å²) in [6.07, 6.45) is -0.0986. The number of methoxy groups -OCH3 is 2. The molecule has 1 aromatic heterocycles. The zero-order chi connectivity index (χ0) is 22.4. The second kappa shape index (κ2) is 10.4. The fourth-order valence-corrected chi connectivity index (χ4v) is 3.99. The van der Waals surface area contributed by atoms with E-state index >= 15 is 0 Å². The molecule has 0 bridgehead atoms. The standard InChI is InChI=1S/C22H22ClN3O4S/c1-13-17(11-20(27)25-15-7-8-19(30-3)18(23)10-15)21(28)26-22(24-13)31-12-14-5-4-6-16(9-14)29-2/h4-10H,11-12H2,1-3H3,(H,25,27)(H,24,26,28). The highest BCUT2D eigenvalue weighted by Crippen LogP contribution is 2.27. The van der Waals surface area contributed by atoms with Crippen LogP contribution in [0.4, 0.5) is 5.69 Å². The van der Waals surface area contributed by atoms with Gasteiger partial charge in [-0.05, 0) is 42.8 Å². The van der Waals surface area contributed by atoms with Crippen molar-refractivity contribution in [2.45, 2.75) is 24.3 Å². The Morgan fingerprint density at radius 3 is 2.68 bits per heavy atom. The molecule has 2 N–H and O–H groups in total. The van der Waals surface area contributed by atoms with Crippen LogP contribution in [0.2, 0.25) is 5.02 Å². The van der Waals surface area contributed by atoms with Crippen molar-refractivity contribution in [3.05, 3.63) is 74.7 Å². The highest BCUT2D eigenvalue weighted by atomic mass is 35.5. The summed E-state index contributed by atoms with van der Waals surface area (Å²) >= 11 is 7.49. The van der Waals surface area contributed by atoms with Gasteiger partial charge in [-0.15, -0.1) is 0 Å². The number of benzene rings is 2. The molecule has 0 aliphatic rings.